The summed E-state index contributed by atoms with van der Waals surface area (Å²) in [5, 5.41) is 3.47. The van der Waals surface area contributed by atoms with Gasteiger partial charge in [-0.15, -0.1) is 0 Å². The molecule has 0 rings (SSSR count). The second kappa shape index (κ2) is 7.42. The summed E-state index contributed by atoms with van der Waals surface area (Å²) in [5.41, 5.74) is -0.217. The number of unbranched alkanes of at least 4 members (excludes halogenated alkanes) is 2. The van der Waals surface area contributed by atoms with Gasteiger partial charge in [-0.3, -0.25) is 0 Å². The first-order valence-electron chi connectivity index (χ1n) is 7.95. The first-order chi connectivity index (χ1) is 9.16. The Morgan fingerprint density at radius 2 is 1.33 bits per heavy atom. The average Bonchev–Trinajstić information content (AvgIpc) is 2.18. The highest BCUT2D eigenvalue weighted by atomic mass is 32.2. The predicted molar refractivity (Wildman–Crippen MR) is 92.1 cm³/mol. The maximum atomic E-state index is 12.2. The average molecular weight is 321 g/mol. The molecule has 0 radical (unpaired) electrons. The molecule has 0 aliphatic carbocycles. The zero-order valence-electron chi connectivity index (χ0n) is 15.3. The van der Waals surface area contributed by atoms with Crippen LogP contribution < -0.4 is 10.0 Å². The van der Waals surface area contributed by atoms with Gasteiger partial charge in [-0.25, -0.2) is 13.1 Å². The quantitative estimate of drug-likeness (QED) is 0.674. The highest BCUT2D eigenvalue weighted by Crippen LogP contribution is 2.20. The van der Waals surface area contributed by atoms with E-state index >= 15 is 0 Å². The van der Waals surface area contributed by atoms with Gasteiger partial charge >= 0.3 is 0 Å². The van der Waals surface area contributed by atoms with Crippen LogP contribution in [0, 0.1) is 0 Å². The molecule has 0 saturated carbocycles. The number of rotatable bonds is 8. The van der Waals surface area contributed by atoms with Gasteiger partial charge in [0.2, 0.25) is 10.0 Å². The van der Waals surface area contributed by atoms with E-state index in [-0.39, 0.29) is 11.1 Å². The molecule has 0 bridgehead atoms. The maximum absolute atomic E-state index is 12.2. The lowest BCUT2D eigenvalue weighted by Crippen LogP contribution is -2.50. The van der Waals surface area contributed by atoms with Crippen molar-refractivity contribution in [3.8, 4) is 0 Å². The van der Waals surface area contributed by atoms with E-state index in [2.05, 4.69) is 30.8 Å². The third-order valence-electron chi connectivity index (χ3n) is 3.35. The fraction of sp³-hybridized carbons (Fsp3) is 1.00. The Balaban J connectivity index is 4.10. The van der Waals surface area contributed by atoms with Crippen molar-refractivity contribution in [3.63, 3.8) is 0 Å². The van der Waals surface area contributed by atoms with Gasteiger partial charge in [-0.05, 0) is 74.8 Å². The van der Waals surface area contributed by atoms with Crippen molar-refractivity contribution in [2.75, 3.05) is 6.54 Å². The summed E-state index contributed by atoms with van der Waals surface area (Å²) in [7, 11) is -3.28. The van der Waals surface area contributed by atoms with Crippen LogP contribution in [0.5, 0.6) is 0 Å². The topological polar surface area (TPSA) is 58.2 Å². The van der Waals surface area contributed by atoms with Crippen LogP contribution in [0.15, 0.2) is 0 Å². The second-order valence-corrected chi connectivity index (χ2v) is 11.0. The molecule has 5 heteroatoms. The Morgan fingerprint density at radius 1 is 0.810 bits per heavy atom. The molecule has 128 valence electrons. The first kappa shape index (κ1) is 20.9. The Hall–Kier alpha value is -0.130. The summed E-state index contributed by atoms with van der Waals surface area (Å²) >= 11 is 0. The van der Waals surface area contributed by atoms with Gasteiger partial charge in [0.1, 0.15) is 0 Å². The van der Waals surface area contributed by atoms with Gasteiger partial charge in [0.25, 0.3) is 0 Å². The molecular formula is C16H36N2O2S. The van der Waals surface area contributed by atoms with Gasteiger partial charge in [0, 0.05) is 11.1 Å². The van der Waals surface area contributed by atoms with Crippen molar-refractivity contribution in [3.05, 3.63) is 0 Å². The first-order valence-corrected chi connectivity index (χ1v) is 9.43. The van der Waals surface area contributed by atoms with E-state index in [1.807, 2.05) is 13.8 Å². The Labute approximate surface area is 132 Å². The van der Waals surface area contributed by atoms with Crippen molar-refractivity contribution in [1.29, 1.82) is 0 Å². The molecule has 0 fully saturated rings. The molecule has 0 aromatic heterocycles. The molecule has 2 N–H and O–H groups in total. The Bertz CT molecular complexity index is 401. The summed E-state index contributed by atoms with van der Waals surface area (Å²) in [6.07, 6.45) is 4.13. The van der Waals surface area contributed by atoms with E-state index in [4.69, 9.17) is 0 Å². The minimum atomic E-state index is -3.28. The minimum absolute atomic E-state index is 0.168. The fourth-order valence-electron chi connectivity index (χ4n) is 1.90. The molecule has 0 amide bonds. The van der Waals surface area contributed by atoms with Crippen LogP contribution in [0.4, 0.5) is 0 Å². The summed E-state index contributed by atoms with van der Waals surface area (Å²) in [6, 6.07) is 0. The molecule has 0 aliphatic heterocycles. The molecule has 0 spiro atoms. The molecule has 0 atom stereocenters. The van der Waals surface area contributed by atoms with Crippen LogP contribution in [0.1, 0.15) is 81.1 Å². The zero-order valence-corrected chi connectivity index (χ0v) is 16.1. The molecule has 21 heavy (non-hydrogen) atoms. The van der Waals surface area contributed by atoms with E-state index < -0.39 is 14.8 Å². The van der Waals surface area contributed by atoms with Crippen molar-refractivity contribution in [2.45, 2.75) is 96.9 Å². The van der Waals surface area contributed by atoms with Gasteiger partial charge in [-0.2, -0.15) is 0 Å². The standard InChI is InChI=1S/C16H36N2O2S/c1-14(2,3)17-13-11-9-10-12-16(7,8)18-21(19,20)15(4,5)6/h17-18H,9-13H2,1-8H3. The van der Waals surface area contributed by atoms with E-state index in [1.165, 1.54) is 0 Å². The largest absolute Gasteiger partial charge is 0.312 e. The van der Waals surface area contributed by atoms with E-state index in [0.717, 1.165) is 32.2 Å². The van der Waals surface area contributed by atoms with Crippen molar-refractivity contribution in [2.24, 2.45) is 0 Å². The lowest BCUT2D eigenvalue weighted by atomic mass is 9.98. The van der Waals surface area contributed by atoms with Gasteiger partial charge in [0.05, 0.1) is 4.75 Å². The lowest BCUT2D eigenvalue weighted by Gasteiger charge is -2.30. The Morgan fingerprint density at radius 3 is 1.76 bits per heavy atom. The second-order valence-electron chi connectivity index (χ2n) is 8.59. The van der Waals surface area contributed by atoms with Crippen LogP contribution in [0.25, 0.3) is 0 Å². The third kappa shape index (κ3) is 9.48. The highest BCUT2D eigenvalue weighted by molar-refractivity contribution is 7.90. The summed E-state index contributed by atoms with van der Waals surface area (Å²) in [4.78, 5) is 0. The van der Waals surface area contributed by atoms with Crippen molar-refractivity contribution < 1.29 is 8.42 Å². The maximum Gasteiger partial charge on any atom is 0.217 e. The molecule has 0 saturated heterocycles. The van der Waals surface area contributed by atoms with E-state index in [1.54, 1.807) is 20.8 Å². The molecule has 0 heterocycles. The Kier molecular flexibility index (Phi) is 7.38. The van der Waals surface area contributed by atoms with E-state index in [9.17, 15) is 8.42 Å². The van der Waals surface area contributed by atoms with Crippen LogP contribution in [0.2, 0.25) is 0 Å². The normalized spacial score (nSPS) is 14.5. The third-order valence-corrected chi connectivity index (χ3v) is 5.78. The smallest absolute Gasteiger partial charge is 0.217 e. The van der Waals surface area contributed by atoms with E-state index in [0.29, 0.717) is 0 Å². The monoisotopic (exact) mass is 320 g/mol. The molecular weight excluding hydrogens is 284 g/mol. The number of sulfonamides is 1. The van der Waals surface area contributed by atoms with Crippen LogP contribution >= 0.6 is 0 Å². The molecule has 0 aromatic carbocycles. The molecule has 4 nitrogen and oxygen atoms in total. The van der Waals surface area contributed by atoms with Crippen LogP contribution in [-0.4, -0.2) is 30.8 Å². The fourth-order valence-corrected chi connectivity index (χ4v) is 3.04. The predicted octanol–water partition coefficient (Wildman–Crippen LogP) is 3.43. The van der Waals surface area contributed by atoms with Crippen LogP contribution in [-0.2, 0) is 10.0 Å². The minimum Gasteiger partial charge on any atom is -0.312 e. The lowest BCUT2D eigenvalue weighted by molar-refractivity contribution is 0.383. The number of hydrogen-bond donors (Lipinski definition) is 2. The van der Waals surface area contributed by atoms with Crippen LogP contribution in [0.3, 0.4) is 0 Å². The van der Waals surface area contributed by atoms with Crippen molar-refractivity contribution >= 4 is 10.0 Å². The van der Waals surface area contributed by atoms with Gasteiger partial charge in [-0.1, -0.05) is 12.8 Å². The summed E-state index contributed by atoms with van der Waals surface area (Å²) in [5.74, 6) is 0. The summed E-state index contributed by atoms with van der Waals surface area (Å²) < 4.78 is 26.5. The van der Waals surface area contributed by atoms with Gasteiger partial charge in [0.15, 0.2) is 0 Å². The SMILES string of the molecule is CC(C)(C)NCCCCCC(C)(C)NS(=O)(=O)C(C)(C)C. The number of hydrogen-bond acceptors (Lipinski definition) is 3. The number of nitrogens with one attached hydrogen (secondary N) is 2. The summed E-state index contributed by atoms with van der Waals surface area (Å²) in [6.45, 7) is 16.6. The zero-order chi connectivity index (χ0) is 16.9. The van der Waals surface area contributed by atoms with Gasteiger partial charge < -0.3 is 5.32 Å². The molecule has 0 aromatic rings. The van der Waals surface area contributed by atoms with Crippen molar-refractivity contribution in [1.82, 2.24) is 10.0 Å². The molecule has 0 aliphatic rings. The molecule has 0 unspecified atom stereocenters. The highest BCUT2D eigenvalue weighted by Gasteiger charge is 2.33.